The largest absolute Gasteiger partial charge is 0.481 e. The number of hydrogen-bond donors (Lipinski definition) is 5. The van der Waals surface area contributed by atoms with E-state index in [2.05, 4.69) is 13.1 Å². The zero-order valence-corrected chi connectivity index (χ0v) is 35.4. The van der Waals surface area contributed by atoms with Crippen molar-refractivity contribution in [1.82, 2.24) is 0 Å². The molecule has 1 heterocycles. The molecule has 0 spiro atoms. The quantitative estimate of drug-likeness (QED) is 0.0665. The summed E-state index contributed by atoms with van der Waals surface area (Å²) in [6.07, 6.45) is 7.31. The highest BCUT2D eigenvalue weighted by Crippen LogP contribution is 2.41. The standard InChI is InChI=1S/C36H40N2O14S4Si/c1-37(21-23-9-13-27(53(41,42)43)19-32(23)55(47,48)49)25-11-15-30-29(7-5-6-8-36(39)40)31-16-12-26(18-35(31)57(3,4)34(30)17-25)38(2)22-24-10-14-28(54(44,45)46)20-33(24)56(50,51)52/h9-20H,5-8,21-22H2,1-4H3,(H4-,39,40,41,42,43,44,45,46,47,48,49,50,51,52)/p+1. The molecular formula is C36H41N2O14S4Si+. The number of anilines is 1. The fourth-order valence-electron chi connectivity index (χ4n) is 7.06. The second-order valence-electron chi connectivity index (χ2n) is 14.3. The smallest absolute Gasteiger partial charge is 0.303 e. The summed E-state index contributed by atoms with van der Waals surface area (Å²) >= 11 is 0. The third-order valence-corrected chi connectivity index (χ3v) is 17.1. The van der Waals surface area contributed by atoms with Crippen LogP contribution in [0.4, 0.5) is 5.69 Å². The highest BCUT2D eigenvalue weighted by Gasteiger charge is 2.40. The molecule has 57 heavy (non-hydrogen) atoms. The van der Waals surface area contributed by atoms with E-state index in [4.69, 9.17) is 0 Å². The molecule has 16 nitrogen and oxygen atoms in total. The molecule has 0 aromatic heterocycles. The Morgan fingerprint density at radius 2 is 1.30 bits per heavy atom. The van der Waals surface area contributed by atoms with Crippen LogP contribution >= 0.6 is 0 Å². The predicted molar refractivity (Wildman–Crippen MR) is 213 cm³/mol. The second-order valence-corrected chi connectivity index (χ2v) is 24.3. The van der Waals surface area contributed by atoms with Crippen molar-refractivity contribution in [1.29, 1.82) is 0 Å². The number of carboxylic acid groups (broad SMARTS) is 1. The zero-order chi connectivity index (χ0) is 42.5. The minimum atomic E-state index is -4.90. The van der Waals surface area contributed by atoms with Gasteiger partial charge in [-0.2, -0.15) is 33.7 Å². The third kappa shape index (κ3) is 9.70. The van der Waals surface area contributed by atoms with Gasteiger partial charge in [0.15, 0.2) is 12.3 Å². The highest BCUT2D eigenvalue weighted by molar-refractivity contribution is 7.87. The number of nitrogens with zero attached hydrogens (tertiary/aromatic N) is 2. The molecule has 0 atom stereocenters. The average Bonchev–Trinajstić information content (AvgIpc) is 3.09. The van der Waals surface area contributed by atoms with E-state index in [0.717, 1.165) is 39.2 Å². The SMILES string of the molecule is CN(Cc1ccc(S(=O)(=O)O)cc1S(=O)(=O)O)c1ccc2c(c1)[Si](C)(C)C1=C/C(=[N+](/C)Cc3ccc(S(=O)(=O)O)cc3S(=O)(=O)O)C=CC1=C2CCCCC(=O)O. The van der Waals surface area contributed by atoms with E-state index >= 15 is 0 Å². The van der Waals surface area contributed by atoms with Crippen molar-refractivity contribution in [2.75, 3.05) is 19.0 Å². The van der Waals surface area contributed by atoms with E-state index < -0.39 is 74.1 Å². The third-order valence-electron chi connectivity index (χ3n) is 10.00. The maximum atomic E-state index is 12.3. The fourth-order valence-corrected chi connectivity index (χ4v) is 12.8. The van der Waals surface area contributed by atoms with Gasteiger partial charge in [-0.15, -0.1) is 0 Å². The summed E-state index contributed by atoms with van der Waals surface area (Å²) in [6, 6.07) is 11.6. The Bertz CT molecular complexity index is 2770. The maximum absolute atomic E-state index is 12.3. The molecular weight excluding hydrogens is 841 g/mol. The Kier molecular flexibility index (Phi) is 12.1. The van der Waals surface area contributed by atoms with Crippen molar-refractivity contribution in [3.05, 3.63) is 100 Å². The number of hydrogen-bond acceptors (Lipinski definition) is 10. The van der Waals surface area contributed by atoms with E-state index in [9.17, 15) is 61.8 Å². The summed E-state index contributed by atoms with van der Waals surface area (Å²) in [6.45, 7) is 4.09. The van der Waals surface area contributed by atoms with Crippen molar-refractivity contribution >= 4 is 76.7 Å². The number of fused-ring (bicyclic) bond motifs is 2. The lowest BCUT2D eigenvalue weighted by molar-refractivity contribution is -0.512. The van der Waals surface area contributed by atoms with Crippen LogP contribution in [0.2, 0.25) is 13.1 Å². The first-order chi connectivity index (χ1) is 26.2. The molecule has 3 aromatic carbocycles. The molecule has 0 amide bonds. The minimum Gasteiger partial charge on any atom is -0.481 e. The van der Waals surface area contributed by atoms with Gasteiger partial charge in [-0.3, -0.25) is 23.0 Å². The number of carbonyl (C=O) groups is 1. The van der Waals surface area contributed by atoms with Crippen LogP contribution in [0.25, 0.3) is 5.57 Å². The van der Waals surface area contributed by atoms with Crippen LogP contribution in [0.5, 0.6) is 0 Å². The molecule has 5 rings (SSSR count). The lowest BCUT2D eigenvalue weighted by Gasteiger charge is -2.38. The fraction of sp³-hybridized carbons (Fsp3) is 0.278. The van der Waals surface area contributed by atoms with Crippen molar-refractivity contribution in [2.24, 2.45) is 0 Å². The summed E-state index contributed by atoms with van der Waals surface area (Å²) in [5.74, 6) is -0.909. The lowest BCUT2D eigenvalue weighted by atomic mass is 9.91. The van der Waals surface area contributed by atoms with Crippen LogP contribution < -0.4 is 10.1 Å². The van der Waals surface area contributed by atoms with Crippen molar-refractivity contribution in [3.63, 3.8) is 0 Å². The van der Waals surface area contributed by atoms with Gasteiger partial charge in [0.25, 0.3) is 40.5 Å². The summed E-state index contributed by atoms with van der Waals surface area (Å²) < 4.78 is 136. The molecule has 0 radical (unpaired) electrons. The normalized spacial score (nSPS) is 16.5. The van der Waals surface area contributed by atoms with Gasteiger partial charge >= 0.3 is 5.97 Å². The topological polar surface area (TPSA) is 261 Å². The van der Waals surface area contributed by atoms with Gasteiger partial charge in [0, 0.05) is 43.4 Å². The molecule has 0 unspecified atom stereocenters. The van der Waals surface area contributed by atoms with Gasteiger partial charge in [0.2, 0.25) is 0 Å². The molecule has 1 aliphatic carbocycles. The van der Waals surface area contributed by atoms with Crippen LogP contribution in [0.15, 0.2) is 103 Å². The molecule has 21 heteroatoms. The summed E-state index contributed by atoms with van der Waals surface area (Å²) in [7, 11) is -18.6. The monoisotopic (exact) mass is 881 g/mol. The molecule has 0 fully saturated rings. The van der Waals surface area contributed by atoms with Crippen LogP contribution in [-0.4, -0.2) is 95.4 Å². The number of benzene rings is 3. The Hall–Kier alpha value is -4.32. The molecule has 1 aliphatic heterocycles. The first-order valence-corrected chi connectivity index (χ1v) is 25.9. The van der Waals surface area contributed by atoms with Gasteiger partial charge in [0.1, 0.15) is 24.9 Å². The summed E-state index contributed by atoms with van der Waals surface area (Å²) in [5, 5.41) is 11.2. The van der Waals surface area contributed by atoms with Gasteiger partial charge in [-0.1, -0.05) is 25.2 Å². The van der Waals surface area contributed by atoms with Crippen molar-refractivity contribution in [2.45, 2.75) is 71.4 Å². The number of aliphatic carboxylic acids is 1. The van der Waals surface area contributed by atoms with E-state index in [1.165, 1.54) is 12.1 Å². The van der Waals surface area contributed by atoms with Gasteiger partial charge in [-0.25, -0.2) is 4.58 Å². The number of unbranched alkanes of at least 4 members (excludes halogenated alkanes) is 1. The van der Waals surface area contributed by atoms with E-state index in [1.807, 2.05) is 36.4 Å². The first kappa shape index (κ1) is 43.8. The van der Waals surface area contributed by atoms with E-state index in [1.54, 1.807) is 23.6 Å². The van der Waals surface area contributed by atoms with E-state index in [-0.39, 0.29) is 30.6 Å². The molecule has 0 saturated heterocycles. The Balaban J connectivity index is 1.59. The summed E-state index contributed by atoms with van der Waals surface area (Å²) in [4.78, 5) is 10.2. The van der Waals surface area contributed by atoms with Gasteiger partial charge in [0.05, 0.1) is 9.79 Å². The minimum absolute atomic E-state index is 0.00573. The molecule has 0 bridgehead atoms. The van der Waals surface area contributed by atoms with Crippen LogP contribution in [-0.2, 0) is 58.4 Å². The highest BCUT2D eigenvalue weighted by atomic mass is 32.2. The first-order valence-electron chi connectivity index (χ1n) is 17.1. The Labute approximate surface area is 332 Å². The van der Waals surface area contributed by atoms with Crippen LogP contribution in [0.1, 0.15) is 42.4 Å². The number of rotatable bonds is 14. The maximum Gasteiger partial charge on any atom is 0.303 e. The Morgan fingerprint density at radius 1 is 0.737 bits per heavy atom. The predicted octanol–water partition coefficient (Wildman–Crippen LogP) is 3.96. The molecule has 5 N–H and O–H groups in total. The Morgan fingerprint density at radius 3 is 1.84 bits per heavy atom. The molecule has 2 aliphatic rings. The van der Waals surface area contributed by atoms with Gasteiger partial charge < -0.3 is 10.0 Å². The molecule has 306 valence electrons. The summed E-state index contributed by atoms with van der Waals surface area (Å²) in [5.41, 5.74) is 4.33. The average molecular weight is 882 g/mol. The number of carboxylic acids is 1. The van der Waals surface area contributed by atoms with E-state index in [0.29, 0.717) is 42.8 Å². The number of allylic oxidation sites excluding steroid dienone is 6. The second kappa shape index (κ2) is 15.8. The van der Waals surface area contributed by atoms with Crippen molar-refractivity contribution < 1.29 is 66.4 Å². The van der Waals surface area contributed by atoms with Crippen molar-refractivity contribution in [3.8, 4) is 0 Å². The lowest BCUT2D eigenvalue weighted by Crippen LogP contribution is -2.49. The van der Waals surface area contributed by atoms with Crippen LogP contribution in [0, 0.1) is 0 Å². The molecule has 3 aromatic rings. The molecule has 0 saturated carbocycles. The van der Waals surface area contributed by atoms with Crippen LogP contribution in [0.3, 0.4) is 0 Å². The zero-order valence-electron chi connectivity index (χ0n) is 31.1. The van der Waals surface area contributed by atoms with Gasteiger partial charge in [-0.05, 0) is 100 Å².